The first-order chi connectivity index (χ1) is 9.78. The van der Waals surface area contributed by atoms with Crippen LogP contribution >= 0.6 is 12.4 Å². The molecule has 0 heterocycles. The number of hydrogen-bond donors (Lipinski definition) is 2. The Morgan fingerprint density at radius 3 is 2.41 bits per heavy atom. The molecule has 0 radical (unpaired) electrons. The Morgan fingerprint density at radius 1 is 1.32 bits per heavy atom. The number of aliphatic hydroxyl groups is 1. The number of hydrogen-bond acceptors (Lipinski definition) is 4. The normalized spacial score (nSPS) is 25.5. The molecule has 2 rings (SSSR count). The van der Waals surface area contributed by atoms with E-state index < -0.39 is 18.0 Å². The second kappa shape index (κ2) is 6.85. The maximum absolute atomic E-state index is 12.3. The van der Waals surface area contributed by atoms with Crippen LogP contribution in [0.5, 0.6) is 5.75 Å². The van der Waals surface area contributed by atoms with Gasteiger partial charge in [-0.2, -0.15) is 0 Å². The van der Waals surface area contributed by atoms with Crippen molar-refractivity contribution in [2.75, 3.05) is 7.05 Å². The lowest BCUT2D eigenvalue weighted by Crippen LogP contribution is -2.54. The Morgan fingerprint density at radius 2 is 1.91 bits per heavy atom. The van der Waals surface area contributed by atoms with Gasteiger partial charge in [0.05, 0.1) is 0 Å². The summed E-state index contributed by atoms with van der Waals surface area (Å²) in [7, 11) is 1.59. The highest BCUT2D eigenvalue weighted by molar-refractivity contribution is 5.93. The molecule has 0 aliphatic heterocycles. The molecule has 1 aliphatic carbocycles. The predicted octanol–water partition coefficient (Wildman–Crippen LogP) is 2.54. The van der Waals surface area contributed by atoms with Gasteiger partial charge in [0.15, 0.2) is 5.78 Å². The highest BCUT2D eigenvalue weighted by Gasteiger charge is 2.44. The third kappa shape index (κ3) is 3.71. The summed E-state index contributed by atoms with van der Waals surface area (Å²) in [5.74, 6) is -0.706. The van der Waals surface area contributed by atoms with Crippen molar-refractivity contribution in [3.8, 4) is 5.75 Å². The van der Waals surface area contributed by atoms with Crippen molar-refractivity contribution in [2.24, 2.45) is 0 Å². The van der Waals surface area contributed by atoms with Crippen LogP contribution in [0.15, 0.2) is 24.3 Å². The largest absolute Gasteiger partial charge is 0.573 e. The van der Waals surface area contributed by atoms with Crippen molar-refractivity contribution in [1.82, 2.24) is 5.32 Å². The average molecular weight is 340 g/mol. The van der Waals surface area contributed by atoms with Crippen LogP contribution in [0.25, 0.3) is 0 Å². The lowest BCUT2D eigenvalue weighted by Gasteiger charge is -2.38. The number of nitrogens with one attached hydrogen (secondary N) is 1. The molecule has 1 aromatic carbocycles. The number of ketones is 1. The summed E-state index contributed by atoms with van der Waals surface area (Å²) in [6.45, 7) is 0. The van der Waals surface area contributed by atoms with Gasteiger partial charge in [0.1, 0.15) is 17.4 Å². The Labute approximate surface area is 132 Å². The Kier molecular flexibility index (Phi) is 5.83. The second-order valence-corrected chi connectivity index (χ2v) is 5.00. The van der Waals surface area contributed by atoms with Crippen LogP contribution in [-0.4, -0.2) is 30.4 Å². The van der Waals surface area contributed by atoms with E-state index in [-0.39, 0.29) is 23.9 Å². The molecule has 124 valence electrons. The van der Waals surface area contributed by atoms with Crippen molar-refractivity contribution >= 4 is 18.2 Å². The minimum atomic E-state index is -4.75. The van der Waals surface area contributed by atoms with Crippen LogP contribution in [-0.2, 0) is 10.3 Å². The first-order valence-corrected chi connectivity index (χ1v) is 6.56. The van der Waals surface area contributed by atoms with Crippen LogP contribution in [0.3, 0.4) is 0 Å². The van der Waals surface area contributed by atoms with Gasteiger partial charge in [-0.15, -0.1) is 25.6 Å². The fourth-order valence-corrected chi connectivity index (χ4v) is 2.72. The summed E-state index contributed by atoms with van der Waals surface area (Å²) >= 11 is 0. The standard InChI is InChI=1S/C14H16F3NO3.ClH/c1-18-13(8-2-3-11(19)12(13)20)9-4-6-10(7-5-9)21-14(15,16)17;/h4-7,11,18-19H,2-3,8H2,1H3;1H. The SMILES string of the molecule is CNC1(c2ccc(OC(F)(F)F)cc2)CCCC(O)C1=O.Cl. The van der Waals surface area contributed by atoms with E-state index in [1.165, 1.54) is 12.1 Å². The molecule has 4 nitrogen and oxygen atoms in total. The topological polar surface area (TPSA) is 58.6 Å². The lowest BCUT2D eigenvalue weighted by atomic mass is 9.74. The average Bonchev–Trinajstić information content (AvgIpc) is 2.41. The van der Waals surface area contributed by atoms with E-state index in [4.69, 9.17) is 0 Å². The number of rotatable bonds is 3. The number of alkyl halides is 3. The van der Waals surface area contributed by atoms with Crippen molar-refractivity contribution in [1.29, 1.82) is 0 Å². The molecule has 0 amide bonds. The first kappa shape index (κ1) is 18.7. The maximum Gasteiger partial charge on any atom is 0.573 e. The summed E-state index contributed by atoms with van der Waals surface area (Å²) in [5, 5.41) is 12.7. The van der Waals surface area contributed by atoms with Crippen LogP contribution in [0, 0.1) is 0 Å². The highest BCUT2D eigenvalue weighted by atomic mass is 35.5. The fourth-order valence-electron chi connectivity index (χ4n) is 2.72. The molecule has 2 unspecified atom stereocenters. The maximum atomic E-state index is 12.3. The molecule has 1 fully saturated rings. The zero-order chi connectivity index (χ0) is 15.7. The third-order valence-electron chi connectivity index (χ3n) is 3.76. The number of carbonyl (C=O) groups excluding carboxylic acids is 1. The molecular weight excluding hydrogens is 323 g/mol. The van der Waals surface area contributed by atoms with Crippen molar-refractivity contribution in [3.63, 3.8) is 0 Å². The van der Waals surface area contributed by atoms with Gasteiger partial charge in [-0.05, 0) is 44.0 Å². The molecule has 0 bridgehead atoms. The number of aliphatic hydroxyl groups excluding tert-OH is 1. The molecule has 1 saturated carbocycles. The molecule has 1 aliphatic rings. The van der Waals surface area contributed by atoms with Gasteiger partial charge in [0, 0.05) is 0 Å². The van der Waals surface area contributed by atoms with E-state index in [2.05, 4.69) is 10.1 Å². The van der Waals surface area contributed by atoms with Gasteiger partial charge in [-0.25, -0.2) is 0 Å². The second-order valence-electron chi connectivity index (χ2n) is 5.00. The Hall–Kier alpha value is -1.31. The molecular formula is C14H17ClF3NO3. The number of likely N-dealkylation sites (N-methyl/N-ethyl adjacent to an activating group) is 1. The zero-order valence-corrected chi connectivity index (χ0v) is 12.6. The molecule has 8 heteroatoms. The van der Waals surface area contributed by atoms with Crippen molar-refractivity contribution < 1.29 is 27.8 Å². The highest BCUT2D eigenvalue weighted by Crippen LogP contribution is 2.35. The van der Waals surface area contributed by atoms with Crippen LogP contribution in [0.1, 0.15) is 24.8 Å². The van der Waals surface area contributed by atoms with Crippen LogP contribution < -0.4 is 10.1 Å². The molecule has 0 spiro atoms. The monoisotopic (exact) mass is 339 g/mol. The summed E-state index contributed by atoms with van der Waals surface area (Å²) in [6.07, 6.45) is -4.28. The summed E-state index contributed by atoms with van der Waals surface area (Å²) in [6, 6.07) is 5.15. The van der Waals surface area contributed by atoms with E-state index in [1.54, 1.807) is 7.05 Å². The number of carbonyl (C=O) groups is 1. The quantitative estimate of drug-likeness (QED) is 0.888. The van der Waals surface area contributed by atoms with Gasteiger partial charge in [-0.1, -0.05) is 12.1 Å². The molecule has 0 aromatic heterocycles. The van der Waals surface area contributed by atoms with E-state index in [1.807, 2.05) is 0 Å². The lowest BCUT2D eigenvalue weighted by molar-refractivity contribution is -0.274. The fraction of sp³-hybridized carbons (Fsp3) is 0.500. The summed E-state index contributed by atoms with van der Waals surface area (Å²) in [5.41, 5.74) is -0.544. The number of ether oxygens (including phenoxy) is 1. The summed E-state index contributed by atoms with van der Waals surface area (Å²) in [4.78, 5) is 12.3. The number of halogens is 4. The van der Waals surface area contributed by atoms with Gasteiger partial charge in [-0.3, -0.25) is 4.79 Å². The minimum Gasteiger partial charge on any atom is -0.406 e. The number of benzene rings is 1. The number of Topliss-reactive ketones (excluding diaryl/α,β-unsaturated/α-hetero) is 1. The van der Waals surface area contributed by atoms with Gasteiger partial charge < -0.3 is 15.2 Å². The van der Waals surface area contributed by atoms with Crippen molar-refractivity contribution in [2.45, 2.75) is 37.3 Å². The third-order valence-corrected chi connectivity index (χ3v) is 3.76. The van der Waals surface area contributed by atoms with Gasteiger partial charge in [0.2, 0.25) is 0 Å². The smallest absolute Gasteiger partial charge is 0.406 e. The Bertz CT molecular complexity index is 521. The minimum absolute atomic E-state index is 0. The van der Waals surface area contributed by atoms with Gasteiger partial charge in [0.25, 0.3) is 0 Å². The first-order valence-electron chi connectivity index (χ1n) is 6.56. The van der Waals surface area contributed by atoms with Gasteiger partial charge >= 0.3 is 6.36 Å². The molecule has 0 saturated heterocycles. The zero-order valence-electron chi connectivity index (χ0n) is 11.8. The molecule has 2 atom stereocenters. The molecule has 1 aromatic rings. The van der Waals surface area contributed by atoms with E-state index in [0.29, 0.717) is 24.8 Å². The van der Waals surface area contributed by atoms with Crippen LogP contribution in [0.4, 0.5) is 13.2 Å². The summed E-state index contributed by atoms with van der Waals surface area (Å²) < 4.78 is 40.2. The van der Waals surface area contributed by atoms with Crippen molar-refractivity contribution in [3.05, 3.63) is 29.8 Å². The van der Waals surface area contributed by atoms with E-state index in [9.17, 15) is 23.1 Å². The van der Waals surface area contributed by atoms with Crippen LogP contribution in [0.2, 0.25) is 0 Å². The van der Waals surface area contributed by atoms with E-state index >= 15 is 0 Å². The molecule has 2 N–H and O–H groups in total. The predicted molar refractivity (Wildman–Crippen MR) is 76.0 cm³/mol. The molecule has 22 heavy (non-hydrogen) atoms. The Balaban J connectivity index is 0.00000242. The van der Waals surface area contributed by atoms with E-state index in [0.717, 1.165) is 12.1 Å².